The van der Waals surface area contributed by atoms with E-state index in [4.69, 9.17) is 4.74 Å². The second kappa shape index (κ2) is 8.79. The third-order valence-corrected chi connectivity index (χ3v) is 3.28. The van der Waals surface area contributed by atoms with Crippen molar-refractivity contribution in [2.45, 2.75) is 19.5 Å². The van der Waals surface area contributed by atoms with Gasteiger partial charge in [-0.25, -0.2) is 0 Å². The van der Waals surface area contributed by atoms with Crippen molar-refractivity contribution in [1.29, 1.82) is 0 Å². The van der Waals surface area contributed by atoms with Gasteiger partial charge >= 0.3 is 0 Å². The fraction of sp³-hybridized carbons (Fsp3) is 0.294. The van der Waals surface area contributed by atoms with Crippen molar-refractivity contribution in [2.24, 2.45) is 0 Å². The number of amides is 1. The zero-order chi connectivity index (χ0) is 15.6. The summed E-state index contributed by atoms with van der Waals surface area (Å²) in [7, 11) is 1.66. The number of benzene rings is 1. The molecule has 0 saturated carbocycles. The van der Waals surface area contributed by atoms with Crippen LogP contribution in [0.3, 0.4) is 0 Å². The number of rotatable bonds is 8. The molecule has 0 saturated heterocycles. The molecule has 0 aliphatic carbocycles. The predicted molar refractivity (Wildman–Crippen MR) is 85.4 cm³/mol. The number of carbonyl (C=O) groups is 1. The van der Waals surface area contributed by atoms with Gasteiger partial charge in [-0.2, -0.15) is 0 Å². The topological polar surface area (TPSA) is 63.2 Å². The van der Waals surface area contributed by atoms with E-state index in [1.807, 2.05) is 36.4 Å². The molecule has 2 rings (SSSR count). The molecular formula is C17H21N3O2. The number of methoxy groups -OCH3 is 1. The van der Waals surface area contributed by atoms with Gasteiger partial charge in [0.15, 0.2) is 0 Å². The summed E-state index contributed by atoms with van der Waals surface area (Å²) < 4.78 is 5.29. The van der Waals surface area contributed by atoms with Crippen molar-refractivity contribution in [3.05, 3.63) is 59.9 Å². The first-order valence-corrected chi connectivity index (χ1v) is 7.28. The minimum absolute atomic E-state index is 0.0318. The highest BCUT2D eigenvalue weighted by Gasteiger charge is 2.03. The maximum atomic E-state index is 11.8. The van der Waals surface area contributed by atoms with Crippen LogP contribution in [0.5, 0.6) is 5.75 Å². The van der Waals surface area contributed by atoms with Gasteiger partial charge in [-0.05, 0) is 23.8 Å². The molecule has 2 N–H and O–H groups in total. The molecular weight excluding hydrogens is 278 g/mol. The van der Waals surface area contributed by atoms with Crippen LogP contribution in [-0.4, -0.2) is 24.5 Å². The van der Waals surface area contributed by atoms with E-state index in [-0.39, 0.29) is 5.91 Å². The maximum Gasteiger partial charge on any atom is 0.221 e. The molecule has 0 fully saturated rings. The van der Waals surface area contributed by atoms with Crippen molar-refractivity contribution in [1.82, 2.24) is 15.6 Å². The van der Waals surface area contributed by atoms with Crippen LogP contribution >= 0.6 is 0 Å². The zero-order valence-corrected chi connectivity index (χ0v) is 12.7. The molecule has 5 nitrogen and oxygen atoms in total. The Labute approximate surface area is 130 Å². The average molecular weight is 299 g/mol. The third-order valence-electron chi connectivity index (χ3n) is 3.28. The first-order chi connectivity index (χ1) is 10.8. The van der Waals surface area contributed by atoms with Gasteiger partial charge in [0.25, 0.3) is 0 Å². The molecule has 2 aromatic rings. The fourth-order valence-corrected chi connectivity index (χ4v) is 2.06. The quantitative estimate of drug-likeness (QED) is 0.731. The molecule has 0 spiro atoms. The van der Waals surface area contributed by atoms with E-state index >= 15 is 0 Å². The summed E-state index contributed by atoms with van der Waals surface area (Å²) in [6.07, 6.45) is 3.88. The normalized spacial score (nSPS) is 10.2. The molecule has 1 amide bonds. The predicted octanol–water partition coefficient (Wildman–Crippen LogP) is 1.89. The van der Waals surface area contributed by atoms with Gasteiger partial charge in [0.1, 0.15) is 5.75 Å². The number of carbonyl (C=O) groups excluding carboxylic acids is 1. The summed E-state index contributed by atoms with van der Waals surface area (Å²) in [5, 5.41) is 6.14. The van der Waals surface area contributed by atoms with Gasteiger partial charge in [0, 0.05) is 44.0 Å². The summed E-state index contributed by atoms with van der Waals surface area (Å²) in [6.45, 7) is 1.84. The Morgan fingerprint density at radius 3 is 2.68 bits per heavy atom. The van der Waals surface area contributed by atoms with Crippen molar-refractivity contribution < 1.29 is 9.53 Å². The van der Waals surface area contributed by atoms with Gasteiger partial charge in [-0.1, -0.05) is 18.2 Å². The lowest BCUT2D eigenvalue weighted by atomic mass is 10.2. The van der Waals surface area contributed by atoms with Crippen LogP contribution < -0.4 is 15.4 Å². The largest absolute Gasteiger partial charge is 0.496 e. The van der Waals surface area contributed by atoms with E-state index in [1.165, 1.54) is 0 Å². The summed E-state index contributed by atoms with van der Waals surface area (Å²) in [5.74, 6) is 0.890. The molecule has 0 atom stereocenters. The van der Waals surface area contributed by atoms with Crippen LogP contribution in [0.25, 0.3) is 0 Å². The Hall–Kier alpha value is -2.40. The van der Waals surface area contributed by atoms with Crippen LogP contribution in [0.1, 0.15) is 17.5 Å². The molecule has 0 aliphatic heterocycles. The van der Waals surface area contributed by atoms with Gasteiger partial charge < -0.3 is 15.4 Å². The maximum absolute atomic E-state index is 11.8. The van der Waals surface area contributed by atoms with E-state index in [9.17, 15) is 4.79 Å². The highest BCUT2D eigenvalue weighted by atomic mass is 16.5. The Balaban J connectivity index is 1.65. The summed E-state index contributed by atoms with van der Waals surface area (Å²) in [5.41, 5.74) is 2.13. The summed E-state index contributed by atoms with van der Waals surface area (Å²) in [4.78, 5) is 15.7. The van der Waals surface area contributed by atoms with Crippen LogP contribution in [0.2, 0.25) is 0 Å². The monoisotopic (exact) mass is 299 g/mol. The van der Waals surface area contributed by atoms with E-state index in [0.29, 0.717) is 26.1 Å². The molecule has 0 bridgehead atoms. The Kier molecular flexibility index (Phi) is 6.39. The minimum atomic E-state index is 0.0318. The molecule has 116 valence electrons. The highest BCUT2D eigenvalue weighted by molar-refractivity contribution is 5.76. The van der Waals surface area contributed by atoms with Crippen molar-refractivity contribution in [3.63, 3.8) is 0 Å². The molecule has 1 aromatic carbocycles. The lowest BCUT2D eigenvalue weighted by molar-refractivity contribution is -0.121. The molecule has 22 heavy (non-hydrogen) atoms. The number of para-hydroxylation sites is 1. The first-order valence-electron chi connectivity index (χ1n) is 7.28. The third kappa shape index (κ3) is 5.18. The van der Waals surface area contributed by atoms with E-state index in [1.54, 1.807) is 19.5 Å². The van der Waals surface area contributed by atoms with Crippen LogP contribution in [0, 0.1) is 0 Å². The summed E-state index contributed by atoms with van der Waals surface area (Å²) in [6, 6.07) is 11.6. The zero-order valence-electron chi connectivity index (χ0n) is 12.7. The van der Waals surface area contributed by atoms with Crippen LogP contribution in [0.4, 0.5) is 0 Å². The second-order valence-electron chi connectivity index (χ2n) is 4.87. The molecule has 1 heterocycles. The first kappa shape index (κ1) is 16.0. The molecule has 5 heteroatoms. The number of hydrogen-bond donors (Lipinski definition) is 2. The van der Waals surface area contributed by atoms with Gasteiger partial charge in [0.05, 0.1) is 7.11 Å². The number of hydrogen-bond acceptors (Lipinski definition) is 4. The Morgan fingerprint density at radius 2 is 1.91 bits per heavy atom. The molecule has 0 radical (unpaired) electrons. The number of ether oxygens (including phenoxy) is 1. The van der Waals surface area contributed by atoms with Gasteiger partial charge in [0.2, 0.25) is 5.91 Å². The number of aromatic nitrogens is 1. The number of pyridine rings is 1. The van der Waals surface area contributed by atoms with E-state index < -0.39 is 0 Å². The number of nitrogens with one attached hydrogen (secondary N) is 2. The van der Waals surface area contributed by atoms with Crippen molar-refractivity contribution in [2.75, 3.05) is 13.7 Å². The lowest BCUT2D eigenvalue weighted by Gasteiger charge is -2.09. The van der Waals surface area contributed by atoms with Gasteiger partial charge in [-0.3, -0.25) is 9.78 Å². The van der Waals surface area contributed by atoms with Crippen molar-refractivity contribution >= 4 is 5.91 Å². The second-order valence-corrected chi connectivity index (χ2v) is 4.87. The standard InChI is InChI=1S/C17H21N3O2/c1-22-16-5-3-2-4-15(16)13-19-11-8-17(21)20-12-14-6-9-18-10-7-14/h2-7,9-10,19H,8,11-13H2,1H3,(H,20,21). The molecule has 0 unspecified atom stereocenters. The Bertz CT molecular complexity index is 587. The molecule has 0 aliphatic rings. The number of nitrogens with zero attached hydrogens (tertiary/aromatic N) is 1. The van der Waals surface area contributed by atoms with Gasteiger partial charge in [-0.15, -0.1) is 0 Å². The van der Waals surface area contributed by atoms with E-state index in [2.05, 4.69) is 15.6 Å². The van der Waals surface area contributed by atoms with Crippen LogP contribution in [-0.2, 0) is 17.9 Å². The molecule has 1 aromatic heterocycles. The average Bonchev–Trinajstić information content (AvgIpc) is 2.58. The summed E-state index contributed by atoms with van der Waals surface area (Å²) >= 11 is 0. The highest BCUT2D eigenvalue weighted by Crippen LogP contribution is 2.16. The van der Waals surface area contributed by atoms with Crippen molar-refractivity contribution in [3.8, 4) is 5.75 Å². The SMILES string of the molecule is COc1ccccc1CNCCC(=O)NCc1ccncc1. The van der Waals surface area contributed by atoms with Crippen LogP contribution in [0.15, 0.2) is 48.8 Å². The van der Waals surface area contributed by atoms with E-state index in [0.717, 1.165) is 16.9 Å². The fourth-order valence-electron chi connectivity index (χ4n) is 2.06. The minimum Gasteiger partial charge on any atom is -0.496 e. The smallest absolute Gasteiger partial charge is 0.221 e. The Morgan fingerprint density at radius 1 is 1.14 bits per heavy atom. The lowest BCUT2D eigenvalue weighted by Crippen LogP contribution is -2.27.